The minimum Gasteiger partial charge on any atom is -0.468 e. The van der Waals surface area contributed by atoms with Crippen LogP contribution >= 0.6 is 11.3 Å². The van der Waals surface area contributed by atoms with Gasteiger partial charge in [0.05, 0.1) is 16.4 Å². The Bertz CT molecular complexity index is 1030. The second kappa shape index (κ2) is 5.96. The molecule has 1 fully saturated rings. The monoisotopic (exact) mass is 379 g/mol. The van der Waals surface area contributed by atoms with E-state index in [0.29, 0.717) is 16.0 Å². The molecule has 5 nitrogen and oxygen atoms in total. The number of halogens is 1. The van der Waals surface area contributed by atoms with Crippen molar-refractivity contribution in [1.29, 1.82) is 0 Å². The van der Waals surface area contributed by atoms with Gasteiger partial charge in [-0.2, -0.15) is 0 Å². The van der Waals surface area contributed by atoms with Crippen LogP contribution in [0.15, 0.2) is 47.1 Å². The Morgan fingerprint density at radius 1 is 1.28 bits per heavy atom. The number of rotatable bonds is 4. The number of amides is 1. The summed E-state index contributed by atoms with van der Waals surface area (Å²) in [5.74, 6) is -0.325. The van der Waals surface area contributed by atoms with Gasteiger partial charge >= 0.3 is 0 Å². The van der Waals surface area contributed by atoms with E-state index in [2.05, 4.69) is 0 Å². The zero-order chi connectivity index (χ0) is 17.6. The van der Waals surface area contributed by atoms with Crippen molar-refractivity contribution in [2.75, 3.05) is 13.1 Å². The van der Waals surface area contributed by atoms with Gasteiger partial charge in [-0.3, -0.25) is 4.79 Å². The molecule has 0 spiro atoms. The predicted octanol–water partition coefficient (Wildman–Crippen LogP) is 3.07. The number of hydrogen-bond donors (Lipinski definition) is 0. The smallest absolute Gasteiger partial charge is 0.264 e. The topological polar surface area (TPSA) is 67.6 Å². The zero-order valence-electron chi connectivity index (χ0n) is 13.0. The van der Waals surface area contributed by atoms with Crippen molar-refractivity contribution < 1.29 is 22.0 Å². The zero-order valence-corrected chi connectivity index (χ0v) is 14.6. The number of likely N-dealkylation sites (tertiary alicyclic amines) is 1. The van der Waals surface area contributed by atoms with Crippen molar-refractivity contribution >= 4 is 37.2 Å². The summed E-state index contributed by atoms with van der Waals surface area (Å²) in [4.78, 5) is 14.5. The first-order valence-corrected chi connectivity index (χ1v) is 10.2. The molecule has 25 heavy (non-hydrogen) atoms. The molecule has 0 unspecified atom stereocenters. The first kappa shape index (κ1) is 16.3. The number of sulfone groups is 1. The highest BCUT2D eigenvalue weighted by atomic mass is 32.2. The van der Waals surface area contributed by atoms with Gasteiger partial charge in [0.15, 0.2) is 9.84 Å². The van der Waals surface area contributed by atoms with E-state index in [1.54, 1.807) is 24.3 Å². The molecule has 0 N–H and O–H groups in total. The molecule has 0 saturated carbocycles. The molecular weight excluding hydrogens is 365 g/mol. The van der Waals surface area contributed by atoms with E-state index in [4.69, 9.17) is 4.42 Å². The number of furan rings is 1. The Morgan fingerprint density at radius 3 is 2.80 bits per heavy atom. The van der Waals surface area contributed by atoms with Gasteiger partial charge in [-0.05, 0) is 41.8 Å². The van der Waals surface area contributed by atoms with Gasteiger partial charge in [0, 0.05) is 17.8 Å². The largest absolute Gasteiger partial charge is 0.468 e. The molecule has 3 heterocycles. The Kier molecular flexibility index (Phi) is 3.88. The van der Waals surface area contributed by atoms with Crippen LogP contribution in [0.4, 0.5) is 4.39 Å². The fraction of sp³-hybridized carbons (Fsp3) is 0.235. The average Bonchev–Trinajstić information content (AvgIpc) is 3.13. The Labute approximate surface area is 147 Å². The quantitative estimate of drug-likeness (QED) is 0.699. The van der Waals surface area contributed by atoms with Crippen LogP contribution in [0.25, 0.3) is 10.1 Å². The van der Waals surface area contributed by atoms with Gasteiger partial charge in [-0.25, -0.2) is 12.8 Å². The Morgan fingerprint density at radius 2 is 2.08 bits per heavy atom. The molecule has 1 aliphatic heterocycles. The highest BCUT2D eigenvalue weighted by Crippen LogP contribution is 2.29. The standard InChI is InChI=1S/C17H14FNO4S2/c18-12-3-4-15-11(6-12)7-16(24-15)17(20)19-8-14(9-19)25(21,22)10-13-2-1-5-23-13/h1-7,14H,8-10H2. The van der Waals surface area contributed by atoms with E-state index >= 15 is 0 Å². The summed E-state index contributed by atoms with van der Waals surface area (Å²) in [5, 5.41) is 0.101. The van der Waals surface area contributed by atoms with Crippen LogP contribution < -0.4 is 0 Å². The van der Waals surface area contributed by atoms with E-state index in [0.717, 1.165) is 4.70 Å². The van der Waals surface area contributed by atoms with Crippen molar-refractivity contribution in [3.05, 3.63) is 59.1 Å². The van der Waals surface area contributed by atoms with Crippen molar-refractivity contribution in [2.45, 2.75) is 11.0 Å². The van der Waals surface area contributed by atoms with E-state index in [1.807, 2.05) is 0 Å². The van der Waals surface area contributed by atoms with Crippen molar-refractivity contribution in [3.63, 3.8) is 0 Å². The molecule has 0 radical (unpaired) electrons. The van der Waals surface area contributed by atoms with E-state index in [9.17, 15) is 17.6 Å². The molecule has 2 aromatic heterocycles. The molecule has 4 rings (SSSR count). The molecule has 0 aliphatic carbocycles. The highest BCUT2D eigenvalue weighted by Gasteiger charge is 2.40. The first-order valence-electron chi connectivity index (χ1n) is 7.65. The maximum absolute atomic E-state index is 13.3. The predicted molar refractivity (Wildman–Crippen MR) is 92.8 cm³/mol. The van der Waals surface area contributed by atoms with Crippen LogP contribution in [0.2, 0.25) is 0 Å². The van der Waals surface area contributed by atoms with E-state index in [1.165, 1.54) is 34.6 Å². The van der Waals surface area contributed by atoms with Crippen LogP contribution in [0.3, 0.4) is 0 Å². The van der Waals surface area contributed by atoms with Gasteiger partial charge in [-0.1, -0.05) is 0 Å². The normalized spacial score (nSPS) is 15.5. The summed E-state index contributed by atoms with van der Waals surface area (Å²) in [6.45, 7) is 0.342. The molecule has 0 bridgehead atoms. The van der Waals surface area contributed by atoms with Crippen molar-refractivity contribution in [3.8, 4) is 0 Å². The number of fused-ring (bicyclic) bond motifs is 1. The van der Waals surface area contributed by atoms with Gasteiger partial charge < -0.3 is 9.32 Å². The minimum absolute atomic E-state index is 0.158. The second-order valence-electron chi connectivity index (χ2n) is 6.01. The molecule has 1 amide bonds. The van der Waals surface area contributed by atoms with Crippen LogP contribution in [-0.2, 0) is 15.6 Å². The van der Waals surface area contributed by atoms with Crippen LogP contribution in [0.5, 0.6) is 0 Å². The molecule has 8 heteroatoms. The van der Waals surface area contributed by atoms with E-state index in [-0.39, 0.29) is 30.6 Å². The van der Waals surface area contributed by atoms with Gasteiger partial charge in [0.25, 0.3) is 5.91 Å². The lowest BCUT2D eigenvalue weighted by Crippen LogP contribution is -2.56. The minimum atomic E-state index is -3.36. The van der Waals surface area contributed by atoms with Gasteiger partial charge in [0.2, 0.25) is 0 Å². The van der Waals surface area contributed by atoms with Crippen molar-refractivity contribution in [1.82, 2.24) is 4.90 Å². The molecule has 130 valence electrons. The van der Waals surface area contributed by atoms with Crippen LogP contribution in [-0.4, -0.2) is 37.6 Å². The number of hydrogen-bond acceptors (Lipinski definition) is 5. The summed E-state index contributed by atoms with van der Waals surface area (Å²) < 4.78 is 43.8. The lowest BCUT2D eigenvalue weighted by Gasteiger charge is -2.38. The third kappa shape index (κ3) is 3.07. The maximum Gasteiger partial charge on any atom is 0.264 e. The number of thiophene rings is 1. The summed E-state index contributed by atoms with van der Waals surface area (Å²) >= 11 is 1.28. The van der Waals surface area contributed by atoms with Crippen LogP contribution in [0, 0.1) is 5.82 Å². The Hall–Kier alpha value is -2.19. The molecule has 0 atom stereocenters. The molecule has 1 aliphatic rings. The second-order valence-corrected chi connectivity index (χ2v) is 9.38. The number of carbonyl (C=O) groups excluding carboxylic acids is 1. The first-order chi connectivity index (χ1) is 11.9. The molecule has 1 aromatic carbocycles. The van der Waals surface area contributed by atoms with Crippen LogP contribution in [0.1, 0.15) is 15.4 Å². The summed E-state index contributed by atoms with van der Waals surface area (Å²) in [6, 6.07) is 9.29. The molecule has 1 saturated heterocycles. The Balaban J connectivity index is 1.45. The third-order valence-corrected chi connectivity index (χ3v) is 7.36. The molecular formula is C17H14FNO4S2. The SMILES string of the molecule is O=C(c1cc2cc(F)ccc2s1)N1CC(S(=O)(=O)Cc2ccco2)C1. The average molecular weight is 379 g/mol. The fourth-order valence-electron chi connectivity index (χ4n) is 2.82. The maximum atomic E-state index is 13.3. The number of benzene rings is 1. The summed E-state index contributed by atoms with van der Waals surface area (Å²) in [7, 11) is -3.36. The fourth-order valence-corrected chi connectivity index (χ4v) is 5.44. The summed E-state index contributed by atoms with van der Waals surface area (Å²) in [6.07, 6.45) is 1.44. The highest BCUT2D eigenvalue weighted by molar-refractivity contribution is 7.91. The van der Waals surface area contributed by atoms with Gasteiger partial charge in [0.1, 0.15) is 17.3 Å². The lowest BCUT2D eigenvalue weighted by atomic mass is 10.2. The van der Waals surface area contributed by atoms with Crippen molar-refractivity contribution in [2.24, 2.45) is 0 Å². The van der Waals surface area contributed by atoms with Gasteiger partial charge in [-0.15, -0.1) is 11.3 Å². The third-order valence-electron chi connectivity index (χ3n) is 4.26. The lowest BCUT2D eigenvalue weighted by molar-refractivity contribution is 0.0664. The summed E-state index contributed by atoms with van der Waals surface area (Å²) in [5.41, 5.74) is 0. The van der Waals surface area contributed by atoms with E-state index < -0.39 is 15.1 Å². The number of nitrogens with zero attached hydrogens (tertiary/aromatic N) is 1. The number of carbonyl (C=O) groups is 1. The molecule has 3 aromatic rings.